The van der Waals surface area contributed by atoms with Crippen molar-refractivity contribution in [3.63, 3.8) is 0 Å². The molecule has 0 bridgehead atoms. The highest BCUT2D eigenvalue weighted by Gasteiger charge is 2.28. The maximum absolute atomic E-state index is 6.42. The van der Waals surface area contributed by atoms with Crippen LogP contribution >= 0.6 is 11.6 Å². The second-order valence-corrected chi connectivity index (χ2v) is 6.14. The Bertz CT molecular complexity index is 413. The van der Waals surface area contributed by atoms with Gasteiger partial charge in [0.05, 0.1) is 0 Å². The highest BCUT2D eigenvalue weighted by atomic mass is 35.5. The molecule has 1 fully saturated rings. The lowest BCUT2D eigenvalue weighted by Crippen LogP contribution is -2.26. The number of hydrogen-bond donors (Lipinski definition) is 1. The Morgan fingerprint density at radius 3 is 2.63 bits per heavy atom. The lowest BCUT2D eigenvalue weighted by atomic mass is 10.1. The molecule has 3 heteroatoms. The van der Waals surface area contributed by atoms with Crippen LogP contribution in [-0.2, 0) is 6.54 Å². The molecule has 0 atom stereocenters. The van der Waals surface area contributed by atoms with Crippen LogP contribution in [0.3, 0.4) is 0 Å². The number of anilines is 1. The highest BCUT2D eigenvalue weighted by molar-refractivity contribution is 6.31. The second-order valence-electron chi connectivity index (χ2n) is 5.74. The summed E-state index contributed by atoms with van der Waals surface area (Å²) in [7, 11) is 0. The lowest BCUT2D eigenvalue weighted by molar-refractivity contribution is 0.589. The number of hydrogen-bond acceptors (Lipinski definition) is 2. The van der Waals surface area contributed by atoms with Gasteiger partial charge in [0.2, 0.25) is 0 Å². The van der Waals surface area contributed by atoms with Crippen LogP contribution in [0.25, 0.3) is 0 Å². The molecule has 106 valence electrons. The van der Waals surface area contributed by atoms with Gasteiger partial charge in [0.25, 0.3) is 0 Å². The summed E-state index contributed by atoms with van der Waals surface area (Å²) >= 11 is 6.42. The lowest BCUT2D eigenvalue weighted by Gasteiger charge is -2.25. The largest absolute Gasteiger partial charge is 0.369 e. The van der Waals surface area contributed by atoms with Crippen LogP contribution in [0.4, 0.5) is 5.69 Å². The first-order chi connectivity index (χ1) is 9.11. The van der Waals surface area contributed by atoms with E-state index in [0.717, 1.165) is 24.2 Å². The fourth-order valence-electron chi connectivity index (χ4n) is 2.32. The van der Waals surface area contributed by atoms with Gasteiger partial charge in [0.15, 0.2) is 0 Å². The van der Waals surface area contributed by atoms with E-state index in [1.165, 1.54) is 30.5 Å². The Hall–Kier alpha value is -0.730. The SMILES string of the molecule is CCCN(c1ccc(CNC(C)C)c(Cl)c1)C1CC1. The van der Waals surface area contributed by atoms with Gasteiger partial charge in [-0.1, -0.05) is 38.4 Å². The predicted octanol–water partition coefficient (Wildman–Crippen LogP) is 4.22. The normalized spacial score (nSPS) is 15.0. The van der Waals surface area contributed by atoms with Crippen LogP contribution in [-0.4, -0.2) is 18.6 Å². The molecule has 1 saturated carbocycles. The van der Waals surface area contributed by atoms with Gasteiger partial charge in [-0.3, -0.25) is 0 Å². The molecule has 1 aromatic rings. The topological polar surface area (TPSA) is 15.3 Å². The summed E-state index contributed by atoms with van der Waals surface area (Å²) in [6.45, 7) is 8.51. The molecule has 0 amide bonds. The Kier molecular flexibility index (Phi) is 5.12. The van der Waals surface area contributed by atoms with E-state index in [4.69, 9.17) is 11.6 Å². The number of halogens is 1. The van der Waals surface area contributed by atoms with Crippen molar-refractivity contribution in [1.29, 1.82) is 0 Å². The van der Waals surface area contributed by atoms with Crippen molar-refractivity contribution in [2.75, 3.05) is 11.4 Å². The van der Waals surface area contributed by atoms with Crippen LogP contribution in [0.15, 0.2) is 18.2 Å². The fraction of sp³-hybridized carbons (Fsp3) is 0.625. The summed E-state index contributed by atoms with van der Waals surface area (Å²) in [5.74, 6) is 0. The van der Waals surface area contributed by atoms with Crippen LogP contribution in [0.5, 0.6) is 0 Å². The van der Waals surface area contributed by atoms with E-state index in [9.17, 15) is 0 Å². The molecule has 0 spiro atoms. The van der Waals surface area contributed by atoms with Crippen molar-refractivity contribution in [3.8, 4) is 0 Å². The quantitative estimate of drug-likeness (QED) is 0.805. The molecule has 19 heavy (non-hydrogen) atoms. The molecular formula is C16H25ClN2. The zero-order valence-electron chi connectivity index (χ0n) is 12.2. The minimum absolute atomic E-state index is 0.485. The van der Waals surface area contributed by atoms with E-state index in [0.29, 0.717) is 6.04 Å². The number of benzene rings is 1. The van der Waals surface area contributed by atoms with Gasteiger partial charge < -0.3 is 10.2 Å². The maximum Gasteiger partial charge on any atom is 0.0471 e. The number of nitrogens with one attached hydrogen (secondary N) is 1. The van der Waals surface area contributed by atoms with Crippen molar-refractivity contribution in [2.45, 2.75) is 58.7 Å². The summed E-state index contributed by atoms with van der Waals surface area (Å²) in [6.07, 6.45) is 3.84. The van der Waals surface area contributed by atoms with E-state index in [-0.39, 0.29) is 0 Å². The van der Waals surface area contributed by atoms with Gasteiger partial charge in [0.1, 0.15) is 0 Å². The second kappa shape index (κ2) is 6.62. The van der Waals surface area contributed by atoms with Crippen LogP contribution in [0.1, 0.15) is 45.6 Å². The molecule has 1 aliphatic carbocycles. The van der Waals surface area contributed by atoms with E-state index in [2.05, 4.69) is 49.2 Å². The minimum Gasteiger partial charge on any atom is -0.369 e. The first kappa shape index (κ1) is 14.7. The Morgan fingerprint density at radius 2 is 2.11 bits per heavy atom. The van der Waals surface area contributed by atoms with Crippen LogP contribution in [0.2, 0.25) is 5.02 Å². The third-order valence-corrected chi connectivity index (χ3v) is 3.87. The van der Waals surface area contributed by atoms with E-state index < -0.39 is 0 Å². The van der Waals surface area contributed by atoms with Crippen molar-refractivity contribution in [1.82, 2.24) is 5.32 Å². The van der Waals surface area contributed by atoms with E-state index in [1.54, 1.807) is 0 Å². The van der Waals surface area contributed by atoms with Crippen LogP contribution in [0, 0.1) is 0 Å². The summed E-state index contributed by atoms with van der Waals surface area (Å²) in [4.78, 5) is 2.51. The van der Waals surface area contributed by atoms with Crippen LogP contribution < -0.4 is 10.2 Å². The third kappa shape index (κ3) is 4.12. The van der Waals surface area contributed by atoms with Crippen molar-refractivity contribution < 1.29 is 0 Å². The first-order valence-corrected chi connectivity index (χ1v) is 7.78. The molecule has 0 radical (unpaired) electrons. The standard InChI is InChI=1S/C16H25ClN2/c1-4-9-19(14-7-8-14)15-6-5-13(16(17)10-15)11-18-12(2)3/h5-6,10,12,14,18H,4,7-9,11H2,1-3H3. The molecule has 1 aliphatic rings. The molecular weight excluding hydrogens is 256 g/mol. The molecule has 1 N–H and O–H groups in total. The van der Waals surface area contributed by atoms with Gasteiger partial charge in [0, 0.05) is 35.9 Å². The molecule has 2 nitrogen and oxygen atoms in total. The molecule has 1 aromatic carbocycles. The summed E-state index contributed by atoms with van der Waals surface area (Å²) in [5, 5.41) is 4.30. The molecule has 2 rings (SSSR count). The van der Waals surface area contributed by atoms with E-state index >= 15 is 0 Å². The average Bonchev–Trinajstić information content (AvgIpc) is 3.18. The number of nitrogens with zero attached hydrogens (tertiary/aromatic N) is 1. The van der Waals surface area contributed by atoms with Gasteiger partial charge in [-0.2, -0.15) is 0 Å². The average molecular weight is 281 g/mol. The Morgan fingerprint density at radius 1 is 1.37 bits per heavy atom. The van der Waals surface area contributed by atoms with Gasteiger partial charge in [-0.15, -0.1) is 0 Å². The zero-order chi connectivity index (χ0) is 13.8. The monoisotopic (exact) mass is 280 g/mol. The van der Waals surface area contributed by atoms with Gasteiger partial charge in [-0.05, 0) is 37.0 Å². The third-order valence-electron chi connectivity index (χ3n) is 3.52. The predicted molar refractivity (Wildman–Crippen MR) is 84.1 cm³/mol. The highest BCUT2D eigenvalue weighted by Crippen LogP contribution is 2.33. The van der Waals surface area contributed by atoms with Gasteiger partial charge >= 0.3 is 0 Å². The molecule has 0 aliphatic heterocycles. The Labute approximate surface area is 122 Å². The zero-order valence-corrected chi connectivity index (χ0v) is 13.0. The summed E-state index contributed by atoms with van der Waals surface area (Å²) < 4.78 is 0. The van der Waals surface area contributed by atoms with Crippen molar-refractivity contribution in [2.24, 2.45) is 0 Å². The van der Waals surface area contributed by atoms with Gasteiger partial charge in [-0.25, -0.2) is 0 Å². The molecule has 0 saturated heterocycles. The first-order valence-electron chi connectivity index (χ1n) is 7.40. The maximum atomic E-state index is 6.42. The van der Waals surface area contributed by atoms with Crippen molar-refractivity contribution in [3.05, 3.63) is 28.8 Å². The molecule has 0 heterocycles. The number of rotatable bonds is 7. The van der Waals surface area contributed by atoms with Crippen molar-refractivity contribution >= 4 is 17.3 Å². The smallest absolute Gasteiger partial charge is 0.0471 e. The molecule has 0 unspecified atom stereocenters. The minimum atomic E-state index is 0.485. The molecule has 0 aromatic heterocycles. The summed E-state index contributed by atoms with van der Waals surface area (Å²) in [5.41, 5.74) is 2.47. The van der Waals surface area contributed by atoms with E-state index in [1.807, 2.05) is 0 Å². The Balaban J connectivity index is 2.08. The summed E-state index contributed by atoms with van der Waals surface area (Å²) in [6, 6.07) is 7.75. The fourth-order valence-corrected chi connectivity index (χ4v) is 2.56.